The topological polar surface area (TPSA) is 71.5 Å². The minimum absolute atomic E-state index is 0.114. The summed E-state index contributed by atoms with van der Waals surface area (Å²) in [4.78, 5) is 17.4. The number of benzene rings is 2. The molecule has 0 saturated heterocycles. The molecule has 31 heavy (non-hydrogen) atoms. The first kappa shape index (κ1) is 21.0. The fourth-order valence-corrected chi connectivity index (χ4v) is 3.32. The number of hydrogen-bond acceptors (Lipinski definition) is 4. The van der Waals surface area contributed by atoms with E-state index in [1.165, 1.54) is 6.07 Å². The van der Waals surface area contributed by atoms with Gasteiger partial charge in [-0.25, -0.2) is 9.37 Å². The van der Waals surface area contributed by atoms with E-state index in [1.54, 1.807) is 31.3 Å². The van der Waals surface area contributed by atoms with Gasteiger partial charge in [-0.1, -0.05) is 36.4 Å². The number of halogens is 1. The van der Waals surface area contributed by atoms with Gasteiger partial charge in [-0.3, -0.25) is 4.79 Å². The number of rotatable bonds is 8. The first-order chi connectivity index (χ1) is 15.0. The van der Waals surface area contributed by atoms with Gasteiger partial charge in [0.15, 0.2) is 0 Å². The van der Waals surface area contributed by atoms with Gasteiger partial charge in [0.2, 0.25) is 5.88 Å². The number of hydrogen-bond donors (Lipinski definition) is 2. The summed E-state index contributed by atoms with van der Waals surface area (Å²) in [5.41, 5.74) is 3.82. The molecule has 1 aliphatic carbocycles. The van der Waals surface area contributed by atoms with E-state index in [0.29, 0.717) is 29.2 Å². The summed E-state index contributed by atoms with van der Waals surface area (Å²) in [5, 5.41) is 12.5. The van der Waals surface area contributed by atoms with Gasteiger partial charge in [0.05, 0.1) is 13.2 Å². The maximum absolute atomic E-state index is 13.8. The highest BCUT2D eigenvalue weighted by atomic mass is 19.1. The molecule has 0 aliphatic heterocycles. The predicted molar refractivity (Wildman–Crippen MR) is 116 cm³/mol. The molecule has 4 rings (SSSR count). The molecule has 0 bridgehead atoms. The third-order valence-electron chi connectivity index (χ3n) is 5.44. The van der Waals surface area contributed by atoms with Crippen molar-refractivity contribution in [1.82, 2.24) is 10.3 Å². The standard InChI is InChI=1S/C25H25FN2O3/c1-16-6-7-18(10-23(16)26)12-27-24(30)22-11-20(21-5-3-2-4-19(21)14-29)13-28-25(22)31-15-17-8-9-17/h2-7,10-11,13,17,29H,8-9,12,14-15H2,1H3,(H,27,30). The lowest BCUT2D eigenvalue weighted by Crippen LogP contribution is -2.24. The first-order valence-electron chi connectivity index (χ1n) is 10.4. The molecule has 0 atom stereocenters. The normalized spacial score (nSPS) is 13.1. The van der Waals surface area contributed by atoms with E-state index in [4.69, 9.17) is 4.74 Å². The van der Waals surface area contributed by atoms with Crippen LogP contribution < -0.4 is 10.1 Å². The third-order valence-corrected chi connectivity index (χ3v) is 5.44. The molecule has 1 aromatic heterocycles. The van der Waals surface area contributed by atoms with Crippen LogP contribution in [0.3, 0.4) is 0 Å². The summed E-state index contributed by atoms with van der Waals surface area (Å²) < 4.78 is 19.7. The molecule has 2 aromatic carbocycles. The van der Waals surface area contributed by atoms with Gasteiger partial charge in [0.25, 0.3) is 5.91 Å². The van der Waals surface area contributed by atoms with Crippen molar-refractivity contribution in [2.45, 2.75) is 32.9 Å². The zero-order chi connectivity index (χ0) is 21.8. The van der Waals surface area contributed by atoms with Crippen LogP contribution in [-0.4, -0.2) is 22.6 Å². The molecular formula is C25H25FN2O3. The zero-order valence-corrected chi connectivity index (χ0v) is 17.4. The molecule has 1 aliphatic rings. The summed E-state index contributed by atoms with van der Waals surface area (Å²) in [5.74, 6) is 0.153. The molecule has 5 nitrogen and oxygen atoms in total. The van der Waals surface area contributed by atoms with Crippen molar-refractivity contribution in [1.29, 1.82) is 0 Å². The Labute approximate surface area is 180 Å². The van der Waals surface area contributed by atoms with Crippen LogP contribution in [0.5, 0.6) is 5.88 Å². The Hall–Kier alpha value is -3.25. The average Bonchev–Trinajstić information content (AvgIpc) is 3.62. The molecule has 0 unspecified atom stereocenters. The van der Waals surface area contributed by atoms with Crippen molar-refractivity contribution in [3.05, 3.63) is 82.8 Å². The van der Waals surface area contributed by atoms with Gasteiger partial charge >= 0.3 is 0 Å². The zero-order valence-electron chi connectivity index (χ0n) is 17.4. The maximum Gasteiger partial charge on any atom is 0.257 e. The van der Waals surface area contributed by atoms with Crippen molar-refractivity contribution >= 4 is 5.91 Å². The maximum atomic E-state index is 13.8. The number of aliphatic hydroxyl groups excluding tert-OH is 1. The van der Waals surface area contributed by atoms with Gasteiger partial charge in [0.1, 0.15) is 11.4 Å². The molecule has 0 spiro atoms. The number of amides is 1. The van der Waals surface area contributed by atoms with Crippen molar-refractivity contribution in [2.75, 3.05) is 6.61 Å². The molecule has 1 amide bonds. The van der Waals surface area contributed by atoms with Gasteiger partial charge in [-0.05, 0) is 60.1 Å². The van der Waals surface area contributed by atoms with E-state index in [9.17, 15) is 14.3 Å². The molecule has 2 N–H and O–H groups in total. The highest BCUT2D eigenvalue weighted by Crippen LogP contribution is 2.31. The lowest BCUT2D eigenvalue weighted by molar-refractivity contribution is 0.0945. The number of ether oxygens (including phenoxy) is 1. The number of aliphatic hydroxyl groups is 1. The second-order valence-corrected chi connectivity index (χ2v) is 7.91. The number of pyridine rings is 1. The number of carbonyl (C=O) groups excluding carboxylic acids is 1. The van der Waals surface area contributed by atoms with Crippen LogP contribution in [0.4, 0.5) is 4.39 Å². The van der Waals surface area contributed by atoms with Crippen LogP contribution in [0, 0.1) is 18.7 Å². The quantitative estimate of drug-likeness (QED) is 0.566. The highest BCUT2D eigenvalue weighted by Gasteiger charge is 2.24. The number of carbonyl (C=O) groups is 1. The molecule has 0 radical (unpaired) electrons. The van der Waals surface area contributed by atoms with Crippen LogP contribution in [0.2, 0.25) is 0 Å². The van der Waals surface area contributed by atoms with E-state index >= 15 is 0 Å². The van der Waals surface area contributed by atoms with Crippen LogP contribution >= 0.6 is 0 Å². The minimum atomic E-state index is -0.345. The SMILES string of the molecule is Cc1ccc(CNC(=O)c2cc(-c3ccccc3CO)cnc2OCC2CC2)cc1F. The lowest BCUT2D eigenvalue weighted by atomic mass is 10.00. The Morgan fingerprint density at radius 3 is 2.77 bits per heavy atom. The van der Waals surface area contributed by atoms with E-state index in [1.807, 2.05) is 24.3 Å². The monoisotopic (exact) mass is 420 g/mol. The number of nitrogens with one attached hydrogen (secondary N) is 1. The molecule has 1 fully saturated rings. The van der Waals surface area contributed by atoms with Gasteiger partial charge in [0, 0.05) is 18.3 Å². The first-order valence-corrected chi connectivity index (χ1v) is 10.4. The minimum Gasteiger partial charge on any atom is -0.477 e. The van der Waals surface area contributed by atoms with E-state index in [0.717, 1.165) is 29.5 Å². The summed E-state index contributed by atoms with van der Waals surface area (Å²) in [6, 6.07) is 14.1. The molecule has 1 saturated carbocycles. The number of nitrogens with zero attached hydrogens (tertiary/aromatic N) is 1. The Kier molecular flexibility index (Phi) is 6.28. The predicted octanol–water partition coefficient (Wildman–Crippen LogP) is 4.41. The summed E-state index contributed by atoms with van der Waals surface area (Å²) in [6.07, 6.45) is 3.91. The summed E-state index contributed by atoms with van der Waals surface area (Å²) in [6.45, 7) is 2.30. The van der Waals surface area contributed by atoms with Crippen LogP contribution in [0.1, 0.15) is 39.9 Å². The van der Waals surface area contributed by atoms with Crippen LogP contribution in [0.25, 0.3) is 11.1 Å². The van der Waals surface area contributed by atoms with E-state index in [-0.39, 0.29) is 30.8 Å². The fraction of sp³-hybridized carbons (Fsp3) is 0.280. The van der Waals surface area contributed by atoms with E-state index < -0.39 is 0 Å². The molecule has 1 heterocycles. The molecule has 6 heteroatoms. The van der Waals surface area contributed by atoms with Crippen molar-refractivity contribution in [2.24, 2.45) is 5.92 Å². The Morgan fingerprint density at radius 2 is 2.03 bits per heavy atom. The average molecular weight is 420 g/mol. The summed E-state index contributed by atoms with van der Waals surface area (Å²) in [7, 11) is 0. The fourth-order valence-electron chi connectivity index (χ4n) is 3.32. The molecule has 3 aromatic rings. The number of aryl methyl sites for hydroxylation is 1. The second kappa shape index (κ2) is 9.27. The van der Waals surface area contributed by atoms with Crippen molar-refractivity contribution < 1.29 is 19.0 Å². The Morgan fingerprint density at radius 1 is 1.23 bits per heavy atom. The summed E-state index contributed by atoms with van der Waals surface area (Å²) >= 11 is 0. The second-order valence-electron chi connectivity index (χ2n) is 7.91. The van der Waals surface area contributed by atoms with Gasteiger partial charge in [-0.15, -0.1) is 0 Å². The molecule has 160 valence electrons. The smallest absolute Gasteiger partial charge is 0.257 e. The van der Waals surface area contributed by atoms with Crippen molar-refractivity contribution in [3.63, 3.8) is 0 Å². The van der Waals surface area contributed by atoms with Crippen molar-refractivity contribution in [3.8, 4) is 17.0 Å². The Bertz CT molecular complexity index is 1100. The van der Waals surface area contributed by atoms with Crippen LogP contribution in [0.15, 0.2) is 54.7 Å². The van der Waals surface area contributed by atoms with Crippen LogP contribution in [-0.2, 0) is 13.2 Å². The lowest BCUT2D eigenvalue weighted by Gasteiger charge is -2.14. The Balaban J connectivity index is 1.60. The third kappa shape index (κ3) is 5.09. The number of aromatic nitrogens is 1. The molecular weight excluding hydrogens is 395 g/mol. The largest absolute Gasteiger partial charge is 0.477 e. The highest BCUT2D eigenvalue weighted by molar-refractivity contribution is 5.97. The van der Waals surface area contributed by atoms with Gasteiger partial charge < -0.3 is 15.2 Å². The van der Waals surface area contributed by atoms with E-state index in [2.05, 4.69) is 10.3 Å². The van der Waals surface area contributed by atoms with Gasteiger partial charge in [-0.2, -0.15) is 0 Å².